The lowest BCUT2D eigenvalue weighted by Crippen LogP contribution is -2.35. The van der Waals surface area contributed by atoms with Crippen LogP contribution in [0, 0.1) is 5.41 Å². The molecule has 1 atom stereocenters. The third-order valence-electron chi connectivity index (χ3n) is 2.96. The van der Waals surface area contributed by atoms with Crippen molar-refractivity contribution in [2.45, 2.75) is 51.5 Å². The normalized spacial score (nSPS) is 13.4. The highest BCUT2D eigenvalue weighted by Crippen LogP contribution is 2.29. The molecule has 0 radical (unpaired) electrons. The summed E-state index contributed by atoms with van der Waals surface area (Å²) in [6.07, 6.45) is 0.272. The molecule has 8 heteroatoms. The van der Waals surface area contributed by atoms with Gasteiger partial charge in [0.2, 0.25) is 0 Å². The number of halogens is 2. The molecule has 0 saturated heterocycles. The van der Waals surface area contributed by atoms with Crippen LogP contribution in [0.25, 0.3) is 0 Å². The summed E-state index contributed by atoms with van der Waals surface area (Å²) in [5.74, 6) is -0.332. The number of rotatable bonds is 12. The number of esters is 2. The maximum Gasteiger partial charge on any atom is 0.320 e. The Morgan fingerprint density at radius 2 is 1.48 bits per heavy atom. The molecule has 0 aliphatic heterocycles. The third-order valence-corrected chi connectivity index (χ3v) is 3.81. The lowest BCUT2D eigenvalue weighted by Gasteiger charge is -2.27. The van der Waals surface area contributed by atoms with Crippen molar-refractivity contribution in [1.82, 2.24) is 0 Å². The van der Waals surface area contributed by atoms with Gasteiger partial charge in [0.1, 0.15) is 17.0 Å². The average molecular weight is 446 g/mol. The molecule has 6 nitrogen and oxygen atoms in total. The van der Waals surface area contributed by atoms with E-state index in [4.69, 9.17) is 30.5 Å². The Morgan fingerprint density at radius 1 is 0.960 bits per heavy atom. The van der Waals surface area contributed by atoms with Gasteiger partial charge in [-0.05, 0) is 41.0 Å². The quantitative estimate of drug-likeness (QED) is 0.261. The Balaban J connectivity index is 4.09. The molecule has 0 fully saturated rings. The smallest absolute Gasteiger partial charge is 0.320 e. The lowest BCUT2D eigenvalue weighted by molar-refractivity contribution is -0.158. The number of hydrogen-bond acceptors (Lipinski definition) is 6. The van der Waals surface area contributed by atoms with Crippen LogP contribution in [0.1, 0.15) is 41.0 Å². The Morgan fingerprint density at radius 3 is 2.00 bits per heavy atom. The molecule has 0 aromatic carbocycles. The van der Waals surface area contributed by atoms with Gasteiger partial charge < -0.3 is 18.9 Å². The molecule has 0 rings (SSSR count). The summed E-state index contributed by atoms with van der Waals surface area (Å²) in [5, 5.41) is 0. The van der Waals surface area contributed by atoms with Crippen molar-refractivity contribution < 1.29 is 28.5 Å². The van der Waals surface area contributed by atoms with Gasteiger partial charge in [0, 0.05) is 5.88 Å². The van der Waals surface area contributed by atoms with E-state index in [1.165, 1.54) is 0 Å². The minimum Gasteiger partial charge on any atom is -0.463 e. The van der Waals surface area contributed by atoms with Crippen LogP contribution in [0.2, 0.25) is 0 Å². The second-order valence-corrected chi connectivity index (χ2v) is 8.62. The first-order valence-corrected chi connectivity index (χ1v) is 9.70. The van der Waals surface area contributed by atoms with E-state index in [1.807, 2.05) is 0 Å². The van der Waals surface area contributed by atoms with Crippen LogP contribution < -0.4 is 0 Å². The summed E-state index contributed by atoms with van der Waals surface area (Å²) in [6.45, 7) is 10.6. The van der Waals surface area contributed by atoms with Gasteiger partial charge in [-0.1, -0.05) is 15.9 Å². The first kappa shape index (κ1) is 24.6. The molecule has 0 saturated carbocycles. The molecule has 0 aliphatic rings. The van der Waals surface area contributed by atoms with Crippen LogP contribution in [-0.4, -0.2) is 61.3 Å². The van der Waals surface area contributed by atoms with Gasteiger partial charge in [0.25, 0.3) is 0 Å². The molecular weight excluding hydrogens is 416 g/mol. The zero-order valence-corrected chi connectivity index (χ0v) is 18.1. The summed E-state index contributed by atoms with van der Waals surface area (Å²) in [5.41, 5.74) is -1.40. The Hall–Kier alpha value is -0.370. The molecule has 0 aromatic heterocycles. The first-order chi connectivity index (χ1) is 11.5. The van der Waals surface area contributed by atoms with Crippen molar-refractivity contribution in [1.29, 1.82) is 0 Å². The summed E-state index contributed by atoms with van der Waals surface area (Å²) in [7, 11) is 0. The fourth-order valence-corrected chi connectivity index (χ4v) is 2.76. The van der Waals surface area contributed by atoms with Crippen LogP contribution in [0.15, 0.2) is 0 Å². The summed E-state index contributed by atoms with van der Waals surface area (Å²) in [4.78, 5) is 23.6. The number of hydrogen-bond donors (Lipinski definition) is 0. The van der Waals surface area contributed by atoms with Crippen LogP contribution in [0.5, 0.6) is 0 Å². The topological polar surface area (TPSA) is 71.1 Å². The zero-order chi connectivity index (χ0) is 19.5. The second-order valence-electron chi connectivity index (χ2n) is 7.14. The number of carbonyl (C=O) groups excluding carboxylic acids is 2. The van der Waals surface area contributed by atoms with Crippen LogP contribution in [-0.2, 0) is 28.5 Å². The maximum absolute atomic E-state index is 12.2. The molecule has 0 spiro atoms. The third kappa shape index (κ3) is 12.6. The molecule has 0 amide bonds. The minimum atomic E-state index is -0.825. The molecule has 0 aliphatic carbocycles. The van der Waals surface area contributed by atoms with E-state index >= 15 is 0 Å². The van der Waals surface area contributed by atoms with Crippen molar-refractivity contribution in [3.63, 3.8) is 0 Å². The Labute approximate surface area is 164 Å². The van der Waals surface area contributed by atoms with Crippen molar-refractivity contribution in [2.75, 3.05) is 38.9 Å². The Kier molecular flexibility index (Phi) is 11.9. The highest BCUT2D eigenvalue weighted by Gasteiger charge is 2.35. The van der Waals surface area contributed by atoms with E-state index in [-0.39, 0.29) is 25.6 Å². The number of carbonyl (C=O) groups is 2. The van der Waals surface area contributed by atoms with Crippen molar-refractivity contribution in [3.05, 3.63) is 0 Å². The van der Waals surface area contributed by atoms with Gasteiger partial charge in [-0.3, -0.25) is 9.59 Å². The average Bonchev–Trinajstić information content (AvgIpc) is 2.47. The second kappa shape index (κ2) is 12.1. The van der Waals surface area contributed by atoms with Gasteiger partial charge in [-0.2, -0.15) is 0 Å². The molecule has 0 heterocycles. The van der Waals surface area contributed by atoms with E-state index in [1.54, 1.807) is 34.6 Å². The van der Waals surface area contributed by atoms with Crippen molar-refractivity contribution >= 4 is 39.5 Å². The lowest BCUT2D eigenvalue weighted by atomic mass is 9.88. The number of ether oxygens (including phenoxy) is 4. The SMILES string of the molecule is CC(C)(C)OC(=O)C(Br)CC(C)(C)C(=O)OCCOCCOCCCl. The molecule has 25 heavy (non-hydrogen) atoms. The van der Waals surface area contributed by atoms with Crippen molar-refractivity contribution in [3.8, 4) is 0 Å². The summed E-state index contributed by atoms with van der Waals surface area (Å²) < 4.78 is 21.0. The van der Waals surface area contributed by atoms with E-state index in [0.717, 1.165) is 0 Å². The highest BCUT2D eigenvalue weighted by molar-refractivity contribution is 9.10. The van der Waals surface area contributed by atoms with Crippen LogP contribution in [0.4, 0.5) is 0 Å². The van der Waals surface area contributed by atoms with Gasteiger partial charge in [0.15, 0.2) is 0 Å². The molecule has 148 valence electrons. The first-order valence-electron chi connectivity index (χ1n) is 8.25. The predicted octanol–water partition coefficient (Wildman–Crippen LogP) is 3.32. The van der Waals surface area contributed by atoms with E-state index < -0.39 is 21.8 Å². The monoisotopic (exact) mass is 444 g/mol. The maximum atomic E-state index is 12.2. The molecular formula is C17H30BrClO6. The van der Waals surface area contributed by atoms with E-state index in [2.05, 4.69) is 15.9 Å². The molecule has 1 unspecified atom stereocenters. The fraction of sp³-hybridized carbons (Fsp3) is 0.882. The largest absolute Gasteiger partial charge is 0.463 e. The molecule has 0 aromatic rings. The van der Waals surface area contributed by atoms with Gasteiger partial charge >= 0.3 is 11.9 Å². The Bertz CT molecular complexity index is 408. The molecule has 0 bridgehead atoms. The van der Waals surface area contributed by atoms with E-state index in [9.17, 15) is 9.59 Å². The van der Waals surface area contributed by atoms with Gasteiger partial charge in [-0.25, -0.2) is 0 Å². The molecule has 0 N–H and O–H groups in total. The van der Waals surface area contributed by atoms with E-state index in [0.29, 0.717) is 25.7 Å². The number of alkyl halides is 2. The van der Waals surface area contributed by atoms with Gasteiger partial charge in [-0.15, -0.1) is 11.6 Å². The summed E-state index contributed by atoms with van der Waals surface area (Å²) >= 11 is 8.77. The van der Waals surface area contributed by atoms with Gasteiger partial charge in [0.05, 0.1) is 31.8 Å². The predicted molar refractivity (Wildman–Crippen MR) is 100 cm³/mol. The zero-order valence-electron chi connectivity index (χ0n) is 15.7. The standard InChI is InChI=1S/C17H30BrClO6/c1-16(2,3)25-14(20)13(18)12-17(4,5)15(21)24-11-10-23-9-8-22-7-6-19/h13H,6-12H2,1-5H3. The van der Waals surface area contributed by atoms with Crippen LogP contribution >= 0.6 is 27.5 Å². The highest BCUT2D eigenvalue weighted by atomic mass is 79.9. The summed E-state index contributed by atoms with van der Waals surface area (Å²) in [6, 6.07) is 0. The van der Waals surface area contributed by atoms with Crippen molar-refractivity contribution in [2.24, 2.45) is 5.41 Å². The minimum absolute atomic E-state index is 0.150. The van der Waals surface area contributed by atoms with Crippen LogP contribution in [0.3, 0.4) is 0 Å². The fourth-order valence-electron chi connectivity index (χ4n) is 1.75.